The lowest BCUT2D eigenvalue weighted by molar-refractivity contribution is -0.138. The molecule has 4 aliphatic carbocycles. The van der Waals surface area contributed by atoms with Crippen LogP contribution in [-0.2, 0) is 29.6 Å². The molecular formula is C25H38N2O6S2. The molecule has 2 saturated heterocycles. The van der Waals surface area contributed by atoms with E-state index >= 15 is 0 Å². The number of hydrogen-bond donors (Lipinski definition) is 0. The number of carbonyl (C=O) groups excluding carboxylic acids is 2. The number of amides is 2. The van der Waals surface area contributed by atoms with Crippen LogP contribution in [0.15, 0.2) is 0 Å². The summed E-state index contributed by atoms with van der Waals surface area (Å²) in [6, 6.07) is -0.697. The van der Waals surface area contributed by atoms with Crippen molar-refractivity contribution >= 4 is 31.9 Å². The van der Waals surface area contributed by atoms with Crippen molar-refractivity contribution in [2.24, 2.45) is 39.4 Å². The molecular weight excluding hydrogens is 488 g/mol. The molecule has 10 heteroatoms. The molecule has 2 amide bonds. The van der Waals surface area contributed by atoms with Gasteiger partial charge >= 0.3 is 0 Å². The van der Waals surface area contributed by atoms with Crippen LogP contribution < -0.4 is 0 Å². The molecule has 2 spiro atoms. The molecule has 4 saturated carbocycles. The maximum Gasteiger partial charge on any atom is 0.239 e. The first-order valence-electron chi connectivity index (χ1n) is 13.1. The molecule has 7 atom stereocenters. The molecule has 4 bridgehead atoms. The minimum atomic E-state index is -3.78. The van der Waals surface area contributed by atoms with Gasteiger partial charge in [-0.25, -0.2) is 25.4 Å². The normalized spacial score (nSPS) is 45.5. The Bertz CT molecular complexity index is 1240. The van der Waals surface area contributed by atoms with Gasteiger partial charge in [-0.2, -0.15) is 0 Å². The Kier molecular flexibility index (Phi) is 4.59. The second-order valence-electron chi connectivity index (χ2n) is 13.7. The third kappa shape index (κ3) is 2.64. The van der Waals surface area contributed by atoms with E-state index in [2.05, 4.69) is 27.7 Å². The van der Waals surface area contributed by atoms with Gasteiger partial charge in [0.25, 0.3) is 0 Å². The van der Waals surface area contributed by atoms with Crippen LogP contribution in [-0.4, -0.2) is 60.8 Å². The monoisotopic (exact) mass is 526 g/mol. The fourth-order valence-electron chi connectivity index (χ4n) is 9.85. The van der Waals surface area contributed by atoms with Gasteiger partial charge in [-0.05, 0) is 61.2 Å². The maximum absolute atomic E-state index is 13.6. The fraction of sp³-hybridized carbons (Fsp3) is 0.920. The summed E-state index contributed by atoms with van der Waals surface area (Å²) < 4.78 is 55.2. The standard InChI is InChI=1S/C25H38N2O6S2/c1-15(21(29)27-19-12-17-7-9-25(19,23(17,4)5)14-35(27,32)33)10-20(28)26-18-11-16-6-8-24(18,22(16,2)3)13-34(26,30)31/h15-19H,6-14H2,1-5H3/t15-,16+,17+,18+,19+,24+,25+/m0/s1. The average molecular weight is 527 g/mol. The molecule has 6 rings (SSSR count). The molecule has 6 fully saturated rings. The predicted octanol–water partition coefficient (Wildman–Crippen LogP) is 2.75. The molecule has 35 heavy (non-hydrogen) atoms. The van der Waals surface area contributed by atoms with E-state index < -0.39 is 48.6 Å². The van der Waals surface area contributed by atoms with Gasteiger partial charge in [0.05, 0.1) is 23.6 Å². The molecule has 2 heterocycles. The zero-order valence-electron chi connectivity index (χ0n) is 21.4. The highest BCUT2D eigenvalue weighted by Gasteiger charge is 2.73. The highest BCUT2D eigenvalue weighted by Crippen LogP contribution is 2.71. The minimum Gasteiger partial charge on any atom is -0.274 e. The largest absolute Gasteiger partial charge is 0.274 e. The maximum atomic E-state index is 13.6. The lowest BCUT2D eigenvalue weighted by Gasteiger charge is -2.37. The highest BCUT2D eigenvalue weighted by molar-refractivity contribution is 7.90. The topological polar surface area (TPSA) is 109 Å². The number of fused-ring (bicyclic) bond motifs is 2. The Hall–Kier alpha value is -1.16. The fourth-order valence-corrected chi connectivity index (χ4v) is 15.0. The SMILES string of the molecule is C[C@@H](CC(=O)N1[C@@H]2C[C@H]3CC[C@]2(CS1(=O)=O)C3(C)C)C(=O)N1[C@@H]2C[C@H]3CC[C@]2(CS1(=O)=O)C3(C)C. The van der Waals surface area contributed by atoms with Crippen molar-refractivity contribution < 1.29 is 26.4 Å². The van der Waals surface area contributed by atoms with Crippen molar-refractivity contribution in [1.29, 1.82) is 0 Å². The van der Waals surface area contributed by atoms with Gasteiger partial charge < -0.3 is 0 Å². The van der Waals surface area contributed by atoms with Crippen molar-refractivity contribution in [3.8, 4) is 0 Å². The summed E-state index contributed by atoms with van der Waals surface area (Å²) in [6.45, 7) is 10.1. The smallest absolute Gasteiger partial charge is 0.239 e. The summed E-state index contributed by atoms with van der Waals surface area (Å²) in [5.41, 5.74) is -1.13. The van der Waals surface area contributed by atoms with Crippen LogP contribution in [0.3, 0.4) is 0 Å². The number of rotatable bonds is 3. The summed E-state index contributed by atoms with van der Waals surface area (Å²) in [5, 5.41) is 0. The Balaban J connectivity index is 1.24. The van der Waals surface area contributed by atoms with Crippen molar-refractivity contribution in [1.82, 2.24) is 8.61 Å². The molecule has 196 valence electrons. The number of hydrogen-bond acceptors (Lipinski definition) is 6. The highest BCUT2D eigenvalue weighted by atomic mass is 32.2. The zero-order valence-corrected chi connectivity index (χ0v) is 23.0. The van der Waals surface area contributed by atoms with Crippen molar-refractivity contribution in [3.05, 3.63) is 0 Å². The molecule has 8 nitrogen and oxygen atoms in total. The van der Waals surface area contributed by atoms with E-state index in [1.807, 2.05) is 0 Å². The molecule has 0 unspecified atom stereocenters. The summed E-state index contributed by atoms with van der Waals surface area (Å²) in [4.78, 5) is 27.0. The van der Waals surface area contributed by atoms with Crippen molar-refractivity contribution in [3.63, 3.8) is 0 Å². The van der Waals surface area contributed by atoms with Crippen LogP contribution in [0, 0.1) is 39.4 Å². The Morgan fingerprint density at radius 1 is 0.800 bits per heavy atom. The van der Waals surface area contributed by atoms with Gasteiger partial charge in [-0.15, -0.1) is 0 Å². The van der Waals surface area contributed by atoms with Crippen LogP contribution in [0.2, 0.25) is 0 Å². The third-order valence-electron chi connectivity index (χ3n) is 12.2. The zero-order chi connectivity index (χ0) is 25.6. The second-order valence-corrected chi connectivity index (χ2v) is 17.4. The Morgan fingerprint density at radius 3 is 1.69 bits per heavy atom. The molecule has 2 aliphatic heterocycles. The Labute approximate surface area is 209 Å². The Morgan fingerprint density at radius 2 is 1.23 bits per heavy atom. The quantitative estimate of drug-likeness (QED) is 0.559. The van der Waals surface area contributed by atoms with Gasteiger partial charge in [0.2, 0.25) is 31.9 Å². The van der Waals surface area contributed by atoms with Crippen LogP contribution in [0.25, 0.3) is 0 Å². The third-order valence-corrected chi connectivity index (χ3v) is 16.0. The van der Waals surface area contributed by atoms with E-state index in [0.717, 1.165) is 34.3 Å². The number of sulfonamides is 2. The van der Waals surface area contributed by atoms with Crippen molar-refractivity contribution in [2.45, 2.75) is 91.6 Å². The van der Waals surface area contributed by atoms with E-state index in [4.69, 9.17) is 0 Å². The van der Waals surface area contributed by atoms with Crippen molar-refractivity contribution in [2.75, 3.05) is 11.5 Å². The summed E-state index contributed by atoms with van der Waals surface area (Å²) in [5.74, 6) is -1.25. The van der Waals surface area contributed by atoms with Crippen LogP contribution in [0.5, 0.6) is 0 Å². The summed E-state index contributed by atoms with van der Waals surface area (Å²) >= 11 is 0. The van der Waals surface area contributed by atoms with Gasteiger partial charge in [-0.3, -0.25) is 9.59 Å². The molecule has 0 aromatic carbocycles. The van der Waals surface area contributed by atoms with Gasteiger partial charge in [0, 0.05) is 23.2 Å². The van der Waals surface area contributed by atoms with Crippen LogP contribution in [0.1, 0.15) is 79.6 Å². The molecule has 0 radical (unpaired) electrons. The average Bonchev–Trinajstić information content (AvgIpc) is 3.41. The lowest BCUT2D eigenvalue weighted by atomic mass is 9.69. The first kappa shape index (κ1) is 24.2. The van der Waals surface area contributed by atoms with Gasteiger partial charge in [0.15, 0.2) is 0 Å². The molecule has 0 N–H and O–H groups in total. The summed E-state index contributed by atoms with van der Waals surface area (Å²) in [6.07, 6.45) is 4.67. The minimum absolute atomic E-state index is 0.0101. The van der Waals surface area contributed by atoms with Gasteiger partial charge in [0.1, 0.15) is 0 Å². The second kappa shape index (κ2) is 6.63. The number of nitrogens with zero attached hydrogens (tertiary/aromatic N) is 2. The summed E-state index contributed by atoms with van der Waals surface area (Å²) in [7, 11) is -7.55. The number of carbonyl (C=O) groups is 2. The lowest BCUT2D eigenvalue weighted by Crippen LogP contribution is -2.48. The first-order valence-corrected chi connectivity index (χ1v) is 16.3. The van der Waals surface area contributed by atoms with Gasteiger partial charge in [-0.1, -0.05) is 34.6 Å². The van der Waals surface area contributed by atoms with E-state index in [1.165, 1.54) is 0 Å². The molecule has 0 aromatic heterocycles. The predicted molar refractivity (Wildman–Crippen MR) is 130 cm³/mol. The van der Waals surface area contributed by atoms with Crippen LogP contribution >= 0.6 is 0 Å². The molecule has 0 aromatic rings. The van der Waals surface area contributed by atoms with Crippen LogP contribution in [0.4, 0.5) is 0 Å². The van der Waals surface area contributed by atoms with E-state index in [0.29, 0.717) is 24.7 Å². The van der Waals surface area contributed by atoms with E-state index in [1.54, 1.807) is 6.92 Å². The molecule has 6 aliphatic rings. The van der Waals surface area contributed by atoms with E-state index in [9.17, 15) is 26.4 Å². The first-order chi connectivity index (χ1) is 16.0. The van der Waals surface area contributed by atoms with E-state index in [-0.39, 0.29) is 40.8 Å².